The number of nitrogens with zero attached hydrogens (tertiary/aromatic N) is 1. The van der Waals surface area contributed by atoms with Crippen LogP contribution < -0.4 is 10.2 Å². The van der Waals surface area contributed by atoms with Crippen LogP contribution in [0.15, 0.2) is 24.3 Å². The Morgan fingerprint density at radius 1 is 1.38 bits per heavy atom. The highest BCUT2D eigenvalue weighted by Crippen LogP contribution is 2.30. The smallest absolute Gasteiger partial charge is 0.305 e. The Hall–Kier alpha value is -1.99. The monoisotopic (exact) mass is 376 g/mol. The van der Waals surface area contributed by atoms with Gasteiger partial charge >= 0.3 is 5.97 Å². The summed E-state index contributed by atoms with van der Waals surface area (Å²) in [7, 11) is 1.38. The molecule has 0 aliphatic carbocycles. The highest BCUT2D eigenvalue weighted by Gasteiger charge is 2.28. The molecule has 2 heterocycles. The summed E-state index contributed by atoms with van der Waals surface area (Å²) in [6, 6.07) is 8.25. The quantitative estimate of drug-likeness (QED) is 0.561. The van der Waals surface area contributed by atoms with Crippen molar-refractivity contribution in [2.75, 3.05) is 33.3 Å². The number of carbonyl (C=O) groups is 2. The molecule has 0 saturated carbocycles. The fourth-order valence-electron chi connectivity index (χ4n) is 3.44. The normalized spacial score (nSPS) is 20.0. The van der Waals surface area contributed by atoms with Gasteiger partial charge in [-0.25, -0.2) is 4.98 Å². The van der Waals surface area contributed by atoms with E-state index in [-0.39, 0.29) is 11.9 Å². The minimum Gasteiger partial charge on any atom is -0.469 e. The van der Waals surface area contributed by atoms with Crippen LogP contribution in [0.4, 0.5) is 0 Å². The SMILES string of the molecule is COC(=O)CCCNC(=O)C[NH+]1CCC[C@@H](c2nc3ccccc3s2)C1. The number of nitrogens with one attached hydrogen (secondary N) is 2. The molecular formula is C19H26N3O3S+. The van der Waals surface area contributed by atoms with Crippen molar-refractivity contribution in [3.8, 4) is 0 Å². The summed E-state index contributed by atoms with van der Waals surface area (Å²) in [4.78, 5) is 29.3. The molecule has 2 N–H and O–H groups in total. The van der Waals surface area contributed by atoms with Gasteiger partial charge in [-0.15, -0.1) is 11.3 Å². The van der Waals surface area contributed by atoms with E-state index < -0.39 is 0 Å². The minimum atomic E-state index is -0.236. The van der Waals surface area contributed by atoms with Crippen LogP contribution in [0, 0.1) is 0 Å². The first-order valence-corrected chi connectivity index (χ1v) is 10.00. The second-order valence-electron chi connectivity index (χ2n) is 6.77. The van der Waals surface area contributed by atoms with Gasteiger partial charge in [0.15, 0.2) is 6.54 Å². The largest absolute Gasteiger partial charge is 0.469 e. The Bertz CT molecular complexity index is 728. The number of carbonyl (C=O) groups excluding carboxylic acids is 2. The third-order valence-corrected chi connectivity index (χ3v) is 5.99. The standard InChI is InChI=1S/C19H25N3O3S/c1-25-18(24)9-4-10-20-17(23)13-22-11-5-6-14(12-22)19-21-15-7-2-3-8-16(15)26-19/h2-3,7-8,14H,4-6,9-13H2,1H3,(H,20,23)/p+1/t14-/m1/s1. The van der Waals surface area contributed by atoms with E-state index in [1.165, 1.54) is 21.7 Å². The zero-order valence-corrected chi connectivity index (χ0v) is 15.9. The Morgan fingerprint density at radius 3 is 3.04 bits per heavy atom. The number of ether oxygens (including phenoxy) is 1. The van der Waals surface area contributed by atoms with Gasteiger partial charge in [0.05, 0.1) is 36.3 Å². The molecule has 26 heavy (non-hydrogen) atoms. The number of para-hydroxylation sites is 1. The summed E-state index contributed by atoms with van der Waals surface area (Å²) < 4.78 is 5.83. The van der Waals surface area contributed by atoms with Gasteiger partial charge < -0.3 is 15.0 Å². The van der Waals surface area contributed by atoms with Gasteiger partial charge in [0.1, 0.15) is 5.01 Å². The molecule has 0 spiro atoms. The van der Waals surface area contributed by atoms with E-state index >= 15 is 0 Å². The van der Waals surface area contributed by atoms with E-state index in [0.717, 1.165) is 31.4 Å². The fraction of sp³-hybridized carbons (Fsp3) is 0.526. The van der Waals surface area contributed by atoms with Crippen molar-refractivity contribution >= 4 is 33.4 Å². The predicted molar refractivity (Wildman–Crippen MR) is 101 cm³/mol. The number of fused-ring (bicyclic) bond motifs is 1. The van der Waals surface area contributed by atoms with Gasteiger partial charge in [0.2, 0.25) is 0 Å². The zero-order valence-electron chi connectivity index (χ0n) is 15.1. The molecule has 1 unspecified atom stereocenters. The van der Waals surface area contributed by atoms with Gasteiger partial charge in [0, 0.05) is 13.0 Å². The number of hydrogen-bond acceptors (Lipinski definition) is 5. The average molecular weight is 377 g/mol. The Kier molecular flexibility index (Phi) is 6.57. The second-order valence-corrected chi connectivity index (χ2v) is 7.83. The van der Waals surface area contributed by atoms with E-state index in [2.05, 4.69) is 22.2 Å². The highest BCUT2D eigenvalue weighted by molar-refractivity contribution is 7.18. The number of benzene rings is 1. The molecule has 2 aromatic rings. The summed E-state index contributed by atoms with van der Waals surface area (Å²) in [6.45, 7) is 2.98. The van der Waals surface area contributed by atoms with Crippen LogP contribution in [0.3, 0.4) is 0 Å². The molecule has 2 atom stereocenters. The van der Waals surface area contributed by atoms with Crippen molar-refractivity contribution in [3.05, 3.63) is 29.3 Å². The van der Waals surface area contributed by atoms with Gasteiger partial charge in [-0.2, -0.15) is 0 Å². The lowest BCUT2D eigenvalue weighted by molar-refractivity contribution is -0.898. The van der Waals surface area contributed by atoms with Crippen LogP contribution in [0.1, 0.15) is 36.6 Å². The minimum absolute atomic E-state index is 0.0508. The Balaban J connectivity index is 1.47. The number of thiazole rings is 1. The maximum absolute atomic E-state index is 12.1. The number of piperidine rings is 1. The lowest BCUT2D eigenvalue weighted by Crippen LogP contribution is -3.14. The number of quaternary nitrogens is 1. The summed E-state index contributed by atoms with van der Waals surface area (Å²) >= 11 is 1.78. The zero-order chi connectivity index (χ0) is 18.4. The first-order chi connectivity index (χ1) is 12.7. The second kappa shape index (κ2) is 9.09. The lowest BCUT2D eigenvalue weighted by atomic mass is 9.99. The molecule has 3 rings (SSSR count). The molecular weight excluding hydrogens is 350 g/mol. The van der Waals surface area contributed by atoms with Crippen molar-refractivity contribution in [2.45, 2.75) is 31.6 Å². The van der Waals surface area contributed by atoms with E-state index in [1.54, 1.807) is 11.3 Å². The lowest BCUT2D eigenvalue weighted by Gasteiger charge is -2.28. The maximum atomic E-state index is 12.1. The molecule has 1 aliphatic rings. The predicted octanol–water partition coefficient (Wildman–Crippen LogP) is 1.13. The third-order valence-electron chi connectivity index (χ3n) is 4.80. The highest BCUT2D eigenvalue weighted by atomic mass is 32.1. The molecule has 7 heteroatoms. The van der Waals surface area contributed by atoms with Crippen LogP contribution in [0.5, 0.6) is 0 Å². The van der Waals surface area contributed by atoms with Crippen LogP contribution in [0.25, 0.3) is 10.2 Å². The van der Waals surface area contributed by atoms with Gasteiger partial charge in [-0.3, -0.25) is 9.59 Å². The van der Waals surface area contributed by atoms with E-state index in [9.17, 15) is 9.59 Å². The summed E-state index contributed by atoms with van der Waals surface area (Å²) in [5, 5.41) is 4.10. The van der Waals surface area contributed by atoms with Crippen LogP contribution in [0.2, 0.25) is 0 Å². The number of likely N-dealkylation sites (tertiary alicyclic amines) is 1. The Morgan fingerprint density at radius 2 is 2.23 bits per heavy atom. The molecule has 1 aliphatic heterocycles. The number of esters is 1. The summed E-state index contributed by atoms with van der Waals surface area (Å²) in [6.07, 6.45) is 3.21. The summed E-state index contributed by atoms with van der Waals surface area (Å²) in [5.74, 6) is 0.248. The molecule has 140 valence electrons. The molecule has 1 fully saturated rings. The first-order valence-electron chi connectivity index (χ1n) is 9.18. The molecule has 1 amide bonds. The van der Waals surface area contributed by atoms with Crippen molar-refractivity contribution in [2.24, 2.45) is 0 Å². The molecule has 1 saturated heterocycles. The fourth-order valence-corrected chi connectivity index (χ4v) is 4.54. The molecule has 1 aromatic heterocycles. The van der Waals surface area contributed by atoms with E-state index in [4.69, 9.17) is 4.98 Å². The van der Waals surface area contributed by atoms with Crippen molar-refractivity contribution in [1.82, 2.24) is 10.3 Å². The maximum Gasteiger partial charge on any atom is 0.305 e. The molecule has 6 nitrogen and oxygen atoms in total. The summed E-state index contributed by atoms with van der Waals surface area (Å²) in [5.41, 5.74) is 1.07. The van der Waals surface area contributed by atoms with Gasteiger partial charge in [0.25, 0.3) is 5.91 Å². The van der Waals surface area contributed by atoms with Crippen molar-refractivity contribution in [1.29, 1.82) is 0 Å². The Labute approximate surface area is 157 Å². The topological polar surface area (TPSA) is 72.7 Å². The molecule has 0 bridgehead atoms. The number of hydrogen-bond donors (Lipinski definition) is 2. The van der Waals surface area contributed by atoms with Crippen LogP contribution in [-0.4, -0.2) is 50.1 Å². The number of amides is 1. The number of methoxy groups -OCH3 is 1. The van der Waals surface area contributed by atoms with Crippen molar-refractivity contribution < 1.29 is 19.2 Å². The molecule has 1 aromatic carbocycles. The third kappa shape index (κ3) is 5.02. The van der Waals surface area contributed by atoms with E-state index in [0.29, 0.717) is 31.8 Å². The van der Waals surface area contributed by atoms with Gasteiger partial charge in [-0.05, 0) is 31.4 Å². The van der Waals surface area contributed by atoms with Gasteiger partial charge in [-0.1, -0.05) is 12.1 Å². The van der Waals surface area contributed by atoms with Crippen LogP contribution >= 0.6 is 11.3 Å². The van der Waals surface area contributed by atoms with Crippen LogP contribution in [-0.2, 0) is 14.3 Å². The first kappa shape index (κ1) is 18.8. The van der Waals surface area contributed by atoms with E-state index in [1.807, 2.05) is 12.1 Å². The average Bonchev–Trinajstić information content (AvgIpc) is 3.09. The van der Waals surface area contributed by atoms with Crippen molar-refractivity contribution in [3.63, 3.8) is 0 Å². The number of aromatic nitrogens is 1. The number of rotatable bonds is 7. The molecule has 0 radical (unpaired) electrons.